The number of sulfonamides is 1. The van der Waals surface area contributed by atoms with Crippen LogP contribution in [0.25, 0.3) is 0 Å². The van der Waals surface area contributed by atoms with Crippen LogP contribution in [0.2, 0.25) is 8.67 Å². The first kappa shape index (κ1) is 13.6. The monoisotopic (exact) mass is 314 g/mol. The van der Waals surface area contributed by atoms with E-state index in [9.17, 15) is 8.42 Å². The predicted molar refractivity (Wildman–Crippen MR) is 70.2 cm³/mol. The second-order valence-electron chi connectivity index (χ2n) is 3.99. The van der Waals surface area contributed by atoms with Crippen molar-refractivity contribution in [2.75, 3.05) is 6.54 Å². The van der Waals surface area contributed by atoms with Crippen LogP contribution in [0.1, 0.15) is 12.8 Å². The lowest BCUT2D eigenvalue weighted by Crippen LogP contribution is -2.41. The van der Waals surface area contributed by atoms with Crippen molar-refractivity contribution >= 4 is 44.6 Å². The molecule has 0 spiro atoms. The van der Waals surface area contributed by atoms with E-state index in [1.807, 2.05) is 0 Å². The fraction of sp³-hybridized carbons (Fsp3) is 0.556. The Hall–Kier alpha value is 0.150. The van der Waals surface area contributed by atoms with Crippen LogP contribution in [-0.4, -0.2) is 21.0 Å². The third-order valence-electron chi connectivity index (χ3n) is 2.67. The summed E-state index contributed by atoms with van der Waals surface area (Å²) >= 11 is 12.6. The lowest BCUT2D eigenvalue weighted by Gasteiger charge is -2.15. The molecule has 0 aliphatic heterocycles. The minimum absolute atomic E-state index is 0.0354. The van der Waals surface area contributed by atoms with Gasteiger partial charge >= 0.3 is 0 Å². The van der Waals surface area contributed by atoms with Crippen molar-refractivity contribution in [3.8, 4) is 0 Å². The van der Waals surface area contributed by atoms with Crippen molar-refractivity contribution in [1.29, 1.82) is 0 Å². The normalized spacial score (nSPS) is 18.3. The molecule has 0 aromatic carbocycles. The van der Waals surface area contributed by atoms with E-state index >= 15 is 0 Å². The summed E-state index contributed by atoms with van der Waals surface area (Å²) in [6.07, 6.45) is 2.03. The van der Waals surface area contributed by atoms with E-state index in [1.54, 1.807) is 0 Å². The first-order valence-corrected chi connectivity index (χ1v) is 8.17. The van der Waals surface area contributed by atoms with Crippen LogP contribution in [0.4, 0.5) is 0 Å². The number of rotatable bonds is 5. The van der Waals surface area contributed by atoms with Gasteiger partial charge in [0.25, 0.3) is 0 Å². The third-order valence-corrected chi connectivity index (χ3v) is 5.91. The van der Waals surface area contributed by atoms with Gasteiger partial charge in [-0.15, -0.1) is 11.3 Å². The van der Waals surface area contributed by atoms with Gasteiger partial charge in [-0.3, -0.25) is 0 Å². The zero-order valence-electron chi connectivity index (χ0n) is 8.82. The van der Waals surface area contributed by atoms with Gasteiger partial charge in [-0.1, -0.05) is 23.2 Å². The number of hydrogen-bond donors (Lipinski definition) is 2. The van der Waals surface area contributed by atoms with Gasteiger partial charge in [0.1, 0.15) is 9.23 Å². The van der Waals surface area contributed by atoms with E-state index < -0.39 is 10.0 Å². The molecule has 2 rings (SSSR count). The van der Waals surface area contributed by atoms with E-state index in [4.69, 9.17) is 28.9 Å². The maximum Gasteiger partial charge on any atom is 0.243 e. The number of nitrogens with one attached hydrogen (secondary N) is 1. The van der Waals surface area contributed by atoms with Crippen LogP contribution in [0.3, 0.4) is 0 Å². The molecule has 4 nitrogen and oxygen atoms in total. The van der Waals surface area contributed by atoms with Gasteiger partial charge in [-0.05, 0) is 24.8 Å². The number of hydrogen-bond acceptors (Lipinski definition) is 4. The summed E-state index contributed by atoms with van der Waals surface area (Å²) in [5, 5.41) is 0. The molecule has 0 radical (unpaired) electrons. The highest BCUT2D eigenvalue weighted by atomic mass is 35.5. The summed E-state index contributed by atoms with van der Waals surface area (Å²) < 4.78 is 27.2. The molecule has 1 aliphatic carbocycles. The van der Waals surface area contributed by atoms with Gasteiger partial charge in [-0.25, -0.2) is 13.1 Å². The molecule has 1 atom stereocenters. The quantitative estimate of drug-likeness (QED) is 0.874. The Morgan fingerprint density at radius 1 is 1.53 bits per heavy atom. The highest BCUT2D eigenvalue weighted by Gasteiger charge is 2.34. The summed E-state index contributed by atoms with van der Waals surface area (Å²) in [6.45, 7) is 0.291. The lowest BCUT2D eigenvalue weighted by molar-refractivity contribution is 0.519. The van der Waals surface area contributed by atoms with Gasteiger partial charge in [0.15, 0.2) is 0 Å². The molecule has 1 aliphatic rings. The van der Waals surface area contributed by atoms with Crippen molar-refractivity contribution in [3.05, 3.63) is 14.7 Å². The Morgan fingerprint density at radius 3 is 2.59 bits per heavy atom. The molecular weight excluding hydrogens is 303 g/mol. The molecule has 96 valence electrons. The molecule has 17 heavy (non-hydrogen) atoms. The van der Waals surface area contributed by atoms with E-state index in [1.165, 1.54) is 6.07 Å². The fourth-order valence-corrected chi connectivity index (χ4v) is 5.07. The second-order valence-corrected chi connectivity index (χ2v) is 7.96. The molecule has 1 aromatic heterocycles. The summed E-state index contributed by atoms with van der Waals surface area (Å²) in [6, 6.07) is 1.15. The Balaban J connectivity index is 2.21. The molecule has 1 heterocycles. The third kappa shape index (κ3) is 3.13. The first-order chi connectivity index (χ1) is 7.94. The highest BCUT2D eigenvalue weighted by molar-refractivity contribution is 7.89. The van der Waals surface area contributed by atoms with E-state index in [0.29, 0.717) is 16.8 Å². The standard InChI is InChI=1S/C9H12Cl2N2O2S2/c10-8-3-7(9(11)16-8)17(14,15)13-6(4-12)5-1-2-5/h3,5-6,13H,1-2,4,12H2. The molecule has 3 N–H and O–H groups in total. The van der Waals surface area contributed by atoms with Crippen molar-refractivity contribution in [2.45, 2.75) is 23.8 Å². The van der Waals surface area contributed by atoms with Crippen LogP contribution in [0.5, 0.6) is 0 Å². The topological polar surface area (TPSA) is 72.2 Å². The summed E-state index contributed by atoms with van der Waals surface area (Å²) in [4.78, 5) is 0.0354. The van der Waals surface area contributed by atoms with Gasteiger partial charge in [0.05, 0.1) is 4.34 Å². The van der Waals surface area contributed by atoms with Gasteiger partial charge in [0, 0.05) is 12.6 Å². The Labute approximate surface area is 114 Å². The Bertz CT molecular complexity index is 511. The fourth-order valence-electron chi connectivity index (χ4n) is 1.61. The van der Waals surface area contributed by atoms with Crippen LogP contribution >= 0.6 is 34.5 Å². The van der Waals surface area contributed by atoms with Crippen LogP contribution < -0.4 is 10.5 Å². The summed E-state index contributed by atoms with van der Waals surface area (Å²) in [5.74, 6) is 0.350. The van der Waals surface area contributed by atoms with Crippen LogP contribution in [0, 0.1) is 5.92 Å². The summed E-state index contributed by atoms with van der Waals surface area (Å²) in [5.41, 5.74) is 5.56. The smallest absolute Gasteiger partial charge is 0.243 e. The molecule has 8 heteroatoms. The van der Waals surface area contributed by atoms with Crippen LogP contribution in [-0.2, 0) is 10.0 Å². The first-order valence-electron chi connectivity index (χ1n) is 5.11. The minimum Gasteiger partial charge on any atom is -0.329 e. The van der Waals surface area contributed by atoms with Gasteiger partial charge in [-0.2, -0.15) is 0 Å². The van der Waals surface area contributed by atoms with Crippen molar-refractivity contribution in [2.24, 2.45) is 11.7 Å². The molecule has 0 saturated heterocycles. The number of halogens is 2. The maximum atomic E-state index is 12.1. The molecule has 0 bridgehead atoms. The van der Waals surface area contributed by atoms with Crippen molar-refractivity contribution in [3.63, 3.8) is 0 Å². The second kappa shape index (κ2) is 5.03. The molecule has 1 saturated carbocycles. The highest BCUT2D eigenvalue weighted by Crippen LogP contribution is 2.36. The lowest BCUT2D eigenvalue weighted by atomic mass is 10.2. The average Bonchev–Trinajstić information content (AvgIpc) is 3.01. The molecular formula is C9H12Cl2N2O2S2. The zero-order chi connectivity index (χ0) is 12.6. The Kier molecular flexibility index (Phi) is 4.02. The number of thiophene rings is 1. The Morgan fingerprint density at radius 2 is 2.18 bits per heavy atom. The molecule has 1 unspecified atom stereocenters. The van der Waals surface area contributed by atoms with Crippen molar-refractivity contribution < 1.29 is 8.42 Å². The number of nitrogens with two attached hydrogens (primary N) is 1. The average molecular weight is 315 g/mol. The zero-order valence-corrected chi connectivity index (χ0v) is 12.0. The van der Waals surface area contributed by atoms with E-state index in [0.717, 1.165) is 24.2 Å². The van der Waals surface area contributed by atoms with E-state index in [-0.39, 0.29) is 15.3 Å². The predicted octanol–water partition coefficient (Wildman–Crippen LogP) is 2.07. The van der Waals surface area contributed by atoms with Gasteiger partial charge < -0.3 is 5.73 Å². The maximum absolute atomic E-state index is 12.1. The molecule has 1 aromatic rings. The van der Waals surface area contributed by atoms with Crippen molar-refractivity contribution in [1.82, 2.24) is 4.72 Å². The van der Waals surface area contributed by atoms with E-state index in [2.05, 4.69) is 4.72 Å². The molecule has 0 amide bonds. The summed E-state index contributed by atoms with van der Waals surface area (Å²) in [7, 11) is -3.62. The minimum atomic E-state index is -3.62. The largest absolute Gasteiger partial charge is 0.329 e. The van der Waals surface area contributed by atoms with Gasteiger partial charge in [0.2, 0.25) is 10.0 Å². The molecule has 1 fully saturated rings. The van der Waals surface area contributed by atoms with Crippen LogP contribution in [0.15, 0.2) is 11.0 Å². The SMILES string of the molecule is NCC(NS(=O)(=O)c1cc(Cl)sc1Cl)C1CC1.